The smallest absolute Gasteiger partial charge is 0.317 e. The maximum absolute atomic E-state index is 12.3. The van der Waals surface area contributed by atoms with Crippen molar-refractivity contribution in [2.24, 2.45) is 0 Å². The molecule has 4 rings (SSSR count). The highest BCUT2D eigenvalue weighted by Gasteiger charge is 2.24. The second-order valence-corrected chi connectivity index (χ2v) is 6.32. The summed E-state index contributed by atoms with van der Waals surface area (Å²) in [6.45, 7) is 2.17. The number of ether oxygens (including phenoxy) is 2. The van der Waals surface area contributed by atoms with Gasteiger partial charge in [0, 0.05) is 20.0 Å². The molecule has 0 spiro atoms. The Kier molecular flexibility index (Phi) is 4.17. The minimum atomic E-state index is -0.192. The predicted molar refractivity (Wildman–Crippen MR) is 89.6 cm³/mol. The lowest BCUT2D eigenvalue weighted by Crippen LogP contribution is -2.45. The van der Waals surface area contributed by atoms with E-state index in [1.807, 2.05) is 24.3 Å². The maximum atomic E-state index is 12.3. The molecule has 25 heavy (non-hydrogen) atoms. The third-order valence-corrected chi connectivity index (χ3v) is 4.48. The van der Waals surface area contributed by atoms with Gasteiger partial charge in [0.1, 0.15) is 12.4 Å². The van der Waals surface area contributed by atoms with E-state index >= 15 is 0 Å². The summed E-state index contributed by atoms with van der Waals surface area (Å²) in [6, 6.07) is 7.38. The van der Waals surface area contributed by atoms with Crippen LogP contribution >= 0.6 is 0 Å². The number of nitrogens with one attached hydrogen (secondary N) is 1. The lowest BCUT2D eigenvalue weighted by molar-refractivity contribution is 0.0715. The Bertz CT molecular complexity index is 775. The number of benzene rings is 1. The molecule has 0 aliphatic carbocycles. The highest BCUT2D eigenvalue weighted by Crippen LogP contribution is 2.30. The van der Waals surface area contributed by atoms with Crippen LogP contribution in [-0.2, 0) is 19.5 Å². The van der Waals surface area contributed by atoms with Gasteiger partial charge in [0.15, 0.2) is 23.4 Å². The van der Waals surface area contributed by atoms with Crippen molar-refractivity contribution in [1.82, 2.24) is 25.0 Å². The number of aryl methyl sites for hydroxylation is 1. The van der Waals surface area contributed by atoms with Gasteiger partial charge in [0.2, 0.25) is 0 Å². The van der Waals surface area contributed by atoms with E-state index in [0.717, 1.165) is 36.8 Å². The van der Waals surface area contributed by atoms with Gasteiger partial charge in [-0.1, -0.05) is 12.1 Å². The molecule has 0 saturated carbocycles. The monoisotopic (exact) mass is 343 g/mol. The van der Waals surface area contributed by atoms with Gasteiger partial charge in [-0.05, 0) is 18.6 Å². The van der Waals surface area contributed by atoms with Crippen LogP contribution in [-0.4, -0.2) is 52.0 Å². The van der Waals surface area contributed by atoms with E-state index in [1.54, 1.807) is 11.9 Å². The number of hydrogen-bond donors (Lipinski definition) is 1. The van der Waals surface area contributed by atoms with Crippen LogP contribution in [0.3, 0.4) is 0 Å². The molecule has 3 heterocycles. The predicted octanol–water partition coefficient (Wildman–Crippen LogP) is 1.21. The van der Waals surface area contributed by atoms with Crippen molar-refractivity contribution < 1.29 is 14.3 Å². The van der Waals surface area contributed by atoms with E-state index in [4.69, 9.17) is 9.47 Å². The van der Waals surface area contributed by atoms with Crippen molar-refractivity contribution >= 4 is 6.03 Å². The number of nitrogens with zero attached hydrogens (tertiary/aromatic N) is 4. The van der Waals surface area contributed by atoms with Crippen LogP contribution in [0.1, 0.15) is 18.1 Å². The molecule has 0 radical (unpaired) electrons. The van der Waals surface area contributed by atoms with E-state index in [1.165, 1.54) is 0 Å². The molecular formula is C17H21N5O3. The second kappa shape index (κ2) is 6.62. The Morgan fingerprint density at radius 3 is 3.08 bits per heavy atom. The summed E-state index contributed by atoms with van der Waals surface area (Å²) >= 11 is 0. The summed E-state index contributed by atoms with van der Waals surface area (Å²) in [5.41, 5.74) is 0. The summed E-state index contributed by atoms with van der Waals surface area (Å²) in [4.78, 5) is 13.9. The van der Waals surface area contributed by atoms with Gasteiger partial charge in [-0.15, -0.1) is 10.2 Å². The van der Waals surface area contributed by atoms with Crippen molar-refractivity contribution in [2.45, 2.75) is 32.0 Å². The number of fused-ring (bicyclic) bond motifs is 2. The summed E-state index contributed by atoms with van der Waals surface area (Å²) in [5, 5.41) is 11.2. The Balaban J connectivity index is 1.29. The van der Waals surface area contributed by atoms with Gasteiger partial charge in [0.25, 0.3) is 0 Å². The average molecular weight is 343 g/mol. The number of urea groups is 1. The standard InChI is InChI=1S/C17H21N5O3/c1-21(10-12-11-24-13-5-2-3-6-14(13)25-12)17(23)18-9-16-20-19-15-7-4-8-22(15)16/h2-3,5-6,12H,4,7-11H2,1H3,(H,18,23)/t12-/m1/s1. The zero-order valence-electron chi connectivity index (χ0n) is 14.1. The molecule has 0 unspecified atom stereocenters. The van der Waals surface area contributed by atoms with Crippen LogP contribution in [0.15, 0.2) is 24.3 Å². The van der Waals surface area contributed by atoms with Crippen LogP contribution in [0.4, 0.5) is 4.79 Å². The molecule has 8 nitrogen and oxygen atoms in total. The molecular weight excluding hydrogens is 322 g/mol. The fourth-order valence-corrected chi connectivity index (χ4v) is 3.17. The molecule has 2 aliphatic rings. The summed E-state index contributed by atoms with van der Waals surface area (Å²) in [7, 11) is 1.74. The number of aromatic nitrogens is 3. The highest BCUT2D eigenvalue weighted by atomic mass is 16.6. The molecule has 0 fully saturated rings. The Morgan fingerprint density at radius 1 is 1.36 bits per heavy atom. The first-order valence-corrected chi connectivity index (χ1v) is 8.49. The molecule has 2 aliphatic heterocycles. The molecule has 1 aromatic heterocycles. The molecule has 132 valence electrons. The van der Waals surface area contributed by atoms with Crippen molar-refractivity contribution in [3.05, 3.63) is 35.9 Å². The number of carbonyl (C=O) groups excluding carboxylic acids is 1. The number of amides is 2. The van der Waals surface area contributed by atoms with Crippen LogP contribution < -0.4 is 14.8 Å². The molecule has 0 saturated heterocycles. The highest BCUT2D eigenvalue weighted by molar-refractivity contribution is 5.73. The minimum absolute atomic E-state index is 0.169. The molecule has 0 bridgehead atoms. The van der Waals surface area contributed by atoms with Gasteiger partial charge in [-0.25, -0.2) is 4.79 Å². The molecule has 8 heteroatoms. The number of carbonyl (C=O) groups is 1. The van der Waals surface area contributed by atoms with Crippen LogP contribution in [0.5, 0.6) is 11.5 Å². The zero-order valence-corrected chi connectivity index (χ0v) is 14.1. The first-order chi connectivity index (χ1) is 12.2. The third-order valence-electron chi connectivity index (χ3n) is 4.48. The maximum Gasteiger partial charge on any atom is 0.317 e. The SMILES string of the molecule is CN(C[C@@H]1COc2ccccc2O1)C(=O)NCc1nnc2n1CCC2. The number of para-hydroxylation sites is 2. The lowest BCUT2D eigenvalue weighted by Gasteiger charge is -2.29. The topological polar surface area (TPSA) is 81.5 Å². The lowest BCUT2D eigenvalue weighted by atomic mass is 10.2. The first kappa shape index (κ1) is 15.7. The number of hydrogen-bond acceptors (Lipinski definition) is 5. The first-order valence-electron chi connectivity index (χ1n) is 8.49. The van der Waals surface area contributed by atoms with Gasteiger partial charge in [-0.2, -0.15) is 0 Å². The van der Waals surface area contributed by atoms with E-state index in [9.17, 15) is 4.79 Å². The summed E-state index contributed by atoms with van der Waals surface area (Å²) in [6.07, 6.45) is 1.86. The molecule has 2 aromatic rings. The quantitative estimate of drug-likeness (QED) is 0.902. The minimum Gasteiger partial charge on any atom is -0.486 e. The van der Waals surface area contributed by atoms with E-state index in [-0.39, 0.29) is 12.1 Å². The van der Waals surface area contributed by atoms with Crippen LogP contribution in [0.2, 0.25) is 0 Å². The summed E-state index contributed by atoms with van der Waals surface area (Å²) in [5.74, 6) is 3.27. The molecule has 1 atom stereocenters. The fourth-order valence-electron chi connectivity index (χ4n) is 3.17. The van der Waals surface area contributed by atoms with Crippen LogP contribution in [0, 0.1) is 0 Å². The van der Waals surface area contributed by atoms with Gasteiger partial charge in [0.05, 0.1) is 13.1 Å². The fraction of sp³-hybridized carbons (Fsp3) is 0.471. The van der Waals surface area contributed by atoms with E-state index in [2.05, 4.69) is 20.1 Å². The van der Waals surface area contributed by atoms with E-state index < -0.39 is 0 Å². The molecule has 2 amide bonds. The Labute approximate surface area is 145 Å². The Morgan fingerprint density at radius 2 is 2.20 bits per heavy atom. The van der Waals surface area contributed by atoms with Crippen LogP contribution in [0.25, 0.3) is 0 Å². The zero-order chi connectivity index (χ0) is 17.2. The van der Waals surface area contributed by atoms with Gasteiger partial charge >= 0.3 is 6.03 Å². The van der Waals surface area contributed by atoms with Crippen molar-refractivity contribution in [3.8, 4) is 11.5 Å². The van der Waals surface area contributed by atoms with Gasteiger partial charge < -0.3 is 24.3 Å². The normalized spacial score (nSPS) is 17.9. The summed E-state index contributed by atoms with van der Waals surface area (Å²) < 4.78 is 13.7. The van der Waals surface area contributed by atoms with Crippen molar-refractivity contribution in [1.29, 1.82) is 0 Å². The molecule has 1 N–H and O–H groups in total. The largest absolute Gasteiger partial charge is 0.486 e. The second-order valence-electron chi connectivity index (χ2n) is 6.32. The van der Waals surface area contributed by atoms with E-state index in [0.29, 0.717) is 25.4 Å². The van der Waals surface area contributed by atoms with Crippen molar-refractivity contribution in [2.75, 3.05) is 20.2 Å². The van der Waals surface area contributed by atoms with Crippen molar-refractivity contribution in [3.63, 3.8) is 0 Å². The third kappa shape index (κ3) is 3.24. The average Bonchev–Trinajstić information content (AvgIpc) is 3.23. The van der Waals surface area contributed by atoms with Gasteiger partial charge in [-0.3, -0.25) is 0 Å². The molecule has 1 aromatic carbocycles. The number of rotatable bonds is 4. The Hall–Kier alpha value is -2.77. The number of likely N-dealkylation sites (N-methyl/N-ethyl adjacent to an activating group) is 1.